The summed E-state index contributed by atoms with van der Waals surface area (Å²) in [5, 5.41) is 0. The Morgan fingerprint density at radius 2 is 2.39 bits per heavy atom. The largest absolute Gasteiger partial charge is 0.397 e. The number of likely N-dealkylation sites (tertiary alicyclic amines) is 1. The summed E-state index contributed by atoms with van der Waals surface area (Å²) in [4.78, 5) is 20.3. The van der Waals surface area contributed by atoms with E-state index in [0.717, 1.165) is 19.5 Å². The number of likely N-dealkylation sites (N-methyl/N-ethyl adjacent to an activating group) is 2. The number of nitrogen functional groups attached to an aromatic ring is 1. The van der Waals surface area contributed by atoms with Gasteiger partial charge in [0.25, 0.3) is 5.91 Å². The second-order valence-corrected chi connectivity index (χ2v) is 4.94. The normalized spacial score (nSPS) is 20.0. The molecule has 1 aliphatic rings. The summed E-state index contributed by atoms with van der Waals surface area (Å²) in [6.07, 6.45) is 3.88. The lowest BCUT2D eigenvalue weighted by Crippen LogP contribution is -2.39. The first-order valence-corrected chi connectivity index (χ1v) is 6.25. The number of rotatable bonds is 3. The molecule has 5 nitrogen and oxygen atoms in total. The molecule has 1 aromatic heterocycles. The van der Waals surface area contributed by atoms with Crippen LogP contribution in [0.15, 0.2) is 18.3 Å². The number of carbonyl (C=O) groups is 1. The number of nitrogens with two attached hydrogens (primary N) is 1. The summed E-state index contributed by atoms with van der Waals surface area (Å²) in [6, 6.07) is 3.84. The van der Waals surface area contributed by atoms with E-state index in [0.29, 0.717) is 17.4 Å². The molecule has 1 saturated heterocycles. The van der Waals surface area contributed by atoms with Crippen LogP contribution in [-0.2, 0) is 0 Å². The highest BCUT2D eigenvalue weighted by molar-refractivity contribution is 5.92. The van der Waals surface area contributed by atoms with Crippen molar-refractivity contribution in [1.82, 2.24) is 14.8 Å². The lowest BCUT2D eigenvalue weighted by atomic mass is 10.2. The number of anilines is 1. The second kappa shape index (κ2) is 5.35. The number of amides is 1. The van der Waals surface area contributed by atoms with Gasteiger partial charge in [0.15, 0.2) is 0 Å². The van der Waals surface area contributed by atoms with E-state index in [2.05, 4.69) is 16.9 Å². The SMILES string of the molecule is CN(CC1CCCN1C)C(=O)c1ccc(N)cn1. The molecule has 1 unspecified atom stereocenters. The first-order chi connectivity index (χ1) is 8.58. The van der Waals surface area contributed by atoms with Crippen LogP contribution in [0.1, 0.15) is 23.3 Å². The quantitative estimate of drug-likeness (QED) is 0.860. The van der Waals surface area contributed by atoms with E-state index >= 15 is 0 Å². The fourth-order valence-electron chi connectivity index (χ4n) is 2.34. The van der Waals surface area contributed by atoms with Crippen molar-refractivity contribution >= 4 is 11.6 Å². The van der Waals surface area contributed by atoms with Crippen LogP contribution in [0.5, 0.6) is 0 Å². The Bertz CT molecular complexity index is 418. The van der Waals surface area contributed by atoms with Crippen LogP contribution in [-0.4, -0.2) is 53.9 Å². The third kappa shape index (κ3) is 2.79. The van der Waals surface area contributed by atoms with Gasteiger partial charge >= 0.3 is 0 Å². The number of hydrogen-bond acceptors (Lipinski definition) is 4. The smallest absolute Gasteiger partial charge is 0.272 e. The van der Waals surface area contributed by atoms with Crippen LogP contribution in [0.2, 0.25) is 0 Å². The van der Waals surface area contributed by atoms with Gasteiger partial charge in [-0.25, -0.2) is 4.98 Å². The van der Waals surface area contributed by atoms with Gasteiger partial charge in [-0.3, -0.25) is 4.79 Å². The minimum absolute atomic E-state index is 0.0460. The number of hydrogen-bond donors (Lipinski definition) is 1. The molecule has 1 aliphatic heterocycles. The van der Waals surface area contributed by atoms with Crippen molar-refractivity contribution < 1.29 is 4.79 Å². The molecule has 2 rings (SSSR count). The van der Waals surface area contributed by atoms with Crippen molar-refractivity contribution in [3.63, 3.8) is 0 Å². The maximum atomic E-state index is 12.2. The Morgan fingerprint density at radius 1 is 1.61 bits per heavy atom. The lowest BCUT2D eigenvalue weighted by Gasteiger charge is -2.25. The van der Waals surface area contributed by atoms with Crippen LogP contribution in [0.25, 0.3) is 0 Å². The predicted molar refractivity (Wildman–Crippen MR) is 71.3 cm³/mol. The van der Waals surface area contributed by atoms with Crippen molar-refractivity contribution in [3.8, 4) is 0 Å². The molecule has 0 aliphatic carbocycles. The van der Waals surface area contributed by atoms with Crippen molar-refractivity contribution in [1.29, 1.82) is 0 Å². The van der Waals surface area contributed by atoms with Crippen molar-refractivity contribution in [3.05, 3.63) is 24.0 Å². The molecule has 5 heteroatoms. The van der Waals surface area contributed by atoms with Crippen LogP contribution < -0.4 is 5.73 Å². The van der Waals surface area contributed by atoms with Gasteiger partial charge in [-0.05, 0) is 38.6 Å². The Kier molecular flexibility index (Phi) is 3.81. The van der Waals surface area contributed by atoms with E-state index in [9.17, 15) is 4.79 Å². The fourth-order valence-corrected chi connectivity index (χ4v) is 2.34. The maximum Gasteiger partial charge on any atom is 0.272 e. The summed E-state index contributed by atoms with van der Waals surface area (Å²) >= 11 is 0. The summed E-state index contributed by atoms with van der Waals surface area (Å²) in [7, 11) is 3.93. The molecule has 1 fully saturated rings. The molecule has 0 radical (unpaired) electrons. The van der Waals surface area contributed by atoms with Crippen molar-refractivity contribution in [2.24, 2.45) is 0 Å². The molecule has 0 saturated carbocycles. The van der Waals surface area contributed by atoms with E-state index in [1.807, 2.05) is 7.05 Å². The molecule has 18 heavy (non-hydrogen) atoms. The van der Waals surface area contributed by atoms with Crippen LogP contribution in [0, 0.1) is 0 Å². The molecule has 2 heterocycles. The van der Waals surface area contributed by atoms with Gasteiger partial charge in [-0.2, -0.15) is 0 Å². The van der Waals surface area contributed by atoms with E-state index in [-0.39, 0.29) is 5.91 Å². The minimum atomic E-state index is -0.0460. The van der Waals surface area contributed by atoms with Gasteiger partial charge in [0.1, 0.15) is 5.69 Å². The van der Waals surface area contributed by atoms with Gasteiger partial charge in [0.2, 0.25) is 0 Å². The molecule has 0 bridgehead atoms. The predicted octanol–water partition coefficient (Wildman–Crippen LogP) is 0.830. The summed E-state index contributed by atoms with van der Waals surface area (Å²) in [6.45, 7) is 1.87. The van der Waals surface area contributed by atoms with Gasteiger partial charge in [-0.15, -0.1) is 0 Å². The zero-order valence-electron chi connectivity index (χ0n) is 11.0. The first-order valence-electron chi connectivity index (χ1n) is 6.25. The molecule has 1 amide bonds. The molecular weight excluding hydrogens is 228 g/mol. The zero-order valence-corrected chi connectivity index (χ0v) is 11.0. The molecule has 1 atom stereocenters. The van der Waals surface area contributed by atoms with Gasteiger partial charge < -0.3 is 15.5 Å². The Hall–Kier alpha value is -1.62. The van der Waals surface area contributed by atoms with Crippen molar-refractivity contribution in [2.75, 3.05) is 32.9 Å². The number of pyridine rings is 1. The maximum absolute atomic E-state index is 12.2. The molecule has 0 aromatic carbocycles. The van der Waals surface area contributed by atoms with Gasteiger partial charge in [0, 0.05) is 19.6 Å². The Labute approximate surface area is 108 Å². The highest BCUT2D eigenvalue weighted by atomic mass is 16.2. The Morgan fingerprint density at radius 3 is 2.94 bits per heavy atom. The molecular formula is C13H20N4O. The fraction of sp³-hybridized carbons (Fsp3) is 0.538. The summed E-state index contributed by atoms with van der Waals surface area (Å²) in [5.41, 5.74) is 6.58. The molecule has 98 valence electrons. The molecule has 2 N–H and O–H groups in total. The van der Waals surface area contributed by atoms with E-state index in [4.69, 9.17) is 5.73 Å². The molecule has 1 aromatic rings. The third-order valence-electron chi connectivity index (χ3n) is 3.51. The molecule has 0 spiro atoms. The van der Waals surface area contributed by atoms with E-state index in [1.165, 1.54) is 12.6 Å². The Balaban J connectivity index is 1.98. The number of nitrogens with zero attached hydrogens (tertiary/aromatic N) is 3. The number of aromatic nitrogens is 1. The standard InChI is InChI=1S/C13H20N4O/c1-16-7-3-4-11(16)9-17(2)13(18)12-6-5-10(14)8-15-12/h5-6,8,11H,3-4,7,9,14H2,1-2H3. The van der Waals surface area contributed by atoms with Crippen LogP contribution in [0.4, 0.5) is 5.69 Å². The highest BCUT2D eigenvalue weighted by Crippen LogP contribution is 2.16. The number of carbonyl (C=O) groups excluding carboxylic acids is 1. The summed E-state index contributed by atoms with van der Waals surface area (Å²) < 4.78 is 0. The van der Waals surface area contributed by atoms with Crippen molar-refractivity contribution in [2.45, 2.75) is 18.9 Å². The van der Waals surface area contributed by atoms with Gasteiger partial charge in [0.05, 0.1) is 11.9 Å². The lowest BCUT2D eigenvalue weighted by molar-refractivity contribution is 0.0756. The summed E-state index contributed by atoms with van der Waals surface area (Å²) in [5.74, 6) is -0.0460. The third-order valence-corrected chi connectivity index (χ3v) is 3.51. The highest BCUT2D eigenvalue weighted by Gasteiger charge is 2.24. The average Bonchev–Trinajstić information content (AvgIpc) is 2.75. The van der Waals surface area contributed by atoms with Crippen LogP contribution in [0.3, 0.4) is 0 Å². The second-order valence-electron chi connectivity index (χ2n) is 4.94. The first kappa shape index (κ1) is 12.8. The zero-order chi connectivity index (χ0) is 13.1. The van der Waals surface area contributed by atoms with E-state index < -0.39 is 0 Å². The van der Waals surface area contributed by atoms with Crippen LogP contribution >= 0.6 is 0 Å². The van der Waals surface area contributed by atoms with Gasteiger partial charge in [-0.1, -0.05) is 0 Å². The van der Waals surface area contributed by atoms with E-state index in [1.54, 1.807) is 17.0 Å². The average molecular weight is 248 g/mol. The topological polar surface area (TPSA) is 62.5 Å². The monoisotopic (exact) mass is 248 g/mol. The minimum Gasteiger partial charge on any atom is -0.397 e.